The fraction of sp³-hybridized carbons (Fsp3) is 0.750. The lowest BCUT2D eigenvalue weighted by Crippen LogP contribution is -2.32. The van der Waals surface area contributed by atoms with Gasteiger partial charge in [0.05, 0.1) is 7.11 Å². The van der Waals surface area contributed by atoms with Gasteiger partial charge < -0.3 is 4.74 Å². The Labute approximate surface area is 93.1 Å². The topological polar surface area (TPSA) is 29.5 Å². The van der Waals surface area contributed by atoms with Crippen molar-refractivity contribution in [2.24, 2.45) is 0 Å². The van der Waals surface area contributed by atoms with E-state index in [4.69, 9.17) is 0 Å². The summed E-state index contributed by atoms with van der Waals surface area (Å²) >= 11 is 0. The average molecular weight is 213 g/mol. The lowest BCUT2D eigenvalue weighted by Gasteiger charge is -2.25. The van der Waals surface area contributed by atoms with Crippen LogP contribution in [0, 0.1) is 0 Å². The zero-order chi connectivity index (χ0) is 11.8. The van der Waals surface area contributed by atoms with Crippen LogP contribution in [-0.2, 0) is 9.53 Å². The molecule has 0 N–H and O–H groups in total. The first kappa shape index (κ1) is 14.2. The minimum absolute atomic E-state index is 0.241. The second kappa shape index (κ2) is 7.46. The molecule has 1 atom stereocenters. The van der Waals surface area contributed by atoms with Crippen LogP contribution in [0.25, 0.3) is 0 Å². The van der Waals surface area contributed by atoms with Crippen LogP contribution in [-0.4, -0.2) is 37.1 Å². The van der Waals surface area contributed by atoms with E-state index in [1.165, 1.54) is 7.11 Å². The molecule has 3 heteroatoms. The van der Waals surface area contributed by atoms with E-state index in [0.717, 1.165) is 19.5 Å². The number of hydrogen-bond acceptors (Lipinski definition) is 3. The predicted octanol–water partition coefficient (Wildman–Crippen LogP) is 2.23. The summed E-state index contributed by atoms with van der Waals surface area (Å²) in [7, 11) is 1.41. The molecule has 0 heterocycles. The van der Waals surface area contributed by atoms with Crippen LogP contribution in [0.15, 0.2) is 11.6 Å². The highest BCUT2D eigenvalue weighted by molar-refractivity contribution is 5.87. The Morgan fingerprint density at radius 3 is 2.47 bits per heavy atom. The van der Waals surface area contributed by atoms with Crippen LogP contribution < -0.4 is 0 Å². The van der Waals surface area contributed by atoms with Crippen LogP contribution in [0.1, 0.15) is 34.1 Å². The highest BCUT2D eigenvalue weighted by Gasteiger charge is 2.09. The zero-order valence-corrected chi connectivity index (χ0v) is 10.5. The minimum Gasteiger partial charge on any atom is -0.466 e. The normalized spacial score (nSPS) is 14.1. The molecular formula is C12H23NO2. The van der Waals surface area contributed by atoms with Crippen LogP contribution in [0.3, 0.4) is 0 Å². The molecule has 0 saturated heterocycles. The number of carbonyl (C=O) groups excluding carboxylic acids is 1. The number of nitrogens with zero attached hydrogens (tertiary/aromatic N) is 1. The Hall–Kier alpha value is -0.830. The number of likely N-dealkylation sites (N-methyl/N-ethyl adjacent to an activating group) is 1. The van der Waals surface area contributed by atoms with Gasteiger partial charge in [0, 0.05) is 18.2 Å². The van der Waals surface area contributed by atoms with Gasteiger partial charge in [-0.15, -0.1) is 0 Å². The molecule has 0 bridgehead atoms. The van der Waals surface area contributed by atoms with Crippen molar-refractivity contribution in [1.29, 1.82) is 0 Å². The van der Waals surface area contributed by atoms with Crippen molar-refractivity contribution in [2.45, 2.75) is 40.2 Å². The maximum absolute atomic E-state index is 11.1. The van der Waals surface area contributed by atoms with Gasteiger partial charge >= 0.3 is 5.97 Å². The molecule has 0 aromatic rings. The molecule has 0 spiro atoms. The number of rotatable bonds is 6. The summed E-state index contributed by atoms with van der Waals surface area (Å²) in [6, 6.07) is 0.552. The van der Waals surface area contributed by atoms with E-state index in [1.54, 1.807) is 6.92 Å². The van der Waals surface area contributed by atoms with Gasteiger partial charge in [-0.2, -0.15) is 0 Å². The van der Waals surface area contributed by atoms with Crippen LogP contribution >= 0.6 is 0 Å². The van der Waals surface area contributed by atoms with Gasteiger partial charge in [-0.3, -0.25) is 4.90 Å². The molecular weight excluding hydrogens is 190 g/mol. The molecule has 88 valence electrons. The van der Waals surface area contributed by atoms with E-state index in [0.29, 0.717) is 11.6 Å². The third-order valence-electron chi connectivity index (χ3n) is 2.76. The quantitative estimate of drug-likeness (QED) is 0.500. The first-order valence-electron chi connectivity index (χ1n) is 5.55. The predicted molar refractivity (Wildman–Crippen MR) is 62.8 cm³/mol. The molecule has 15 heavy (non-hydrogen) atoms. The lowest BCUT2D eigenvalue weighted by molar-refractivity contribution is -0.136. The maximum Gasteiger partial charge on any atom is 0.333 e. The van der Waals surface area contributed by atoms with Gasteiger partial charge in [-0.1, -0.05) is 19.9 Å². The number of methoxy groups -OCH3 is 1. The van der Waals surface area contributed by atoms with Crippen molar-refractivity contribution in [3.8, 4) is 0 Å². The molecule has 0 radical (unpaired) electrons. The molecule has 3 nitrogen and oxygen atoms in total. The largest absolute Gasteiger partial charge is 0.466 e. The molecule has 0 aliphatic carbocycles. The Morgan fingerprint density at radius 1 is 1.47 bits per heavy atom. The summed E-state index contributed by atoms with van der Waals surface area (Å²) in [6.45, 7) is 10.1. The second-order valence-electron chi connectivity index (χ2n) is 3.72. The highest BCUT2D eigenvalue weighted by atomic mass is 16.5. The summed E-state index contributed by atoms with van der Waals surface area (Å²) in [4.78, 5) is 13.5. The van der Waals surface area contributed by atoms with Crippen LogP contribution in [0.2, 0.25) is 0 Å². The Morgan fingerprint density at radius 2 is 2.07 bits per heavy atom. The fourth-order valence-corrected chi connectivity index (χ4v) is 1.38. The first-order chi connectivity index (χ1) is 7.06. The van der Waals surface area contributed by atoms with Crippen molar-refractivity contribution in [3.63, 3.8) is 0 Å². The van der Waals surface area contributed by atoms with Gasteiger partial charge in [0.2, 0.25) is 0 Å². The molecule has 0 aliphatic heterocycles. The number of carbonyl (C=O) groups is 1. The number of ether oxygens (including phenoxy) is 1. The van der Waals surface area contributed by atoms with Crippen molar-refractivity contribution in [1.82, 2.24) is 4.90 Å². The van der Waals surface area contributed by atoms with Crippen molar-refractivity contribution < 1.29 is 9.53 Å². The minimum atomic E-state index is -0.241. The maximum atomic E-state index is 11.1. The average Bonchev–Trinajstić information content (AvgIpc) is 2.27. The van der Waals surface area contributed by atoms with Crippen LogP contribution in [0.5, 0.6) is 0 Å². The smallest absolute Gasteiger partial charge is 0.333 e. The number of hydrogen-bond donors (Lipinski definition) is 0. The van der Waals surface area contributed by atoms with E-state index in [9.17, 15) is 4.79 Å². The first-order valence-corrected chi connectivity index (χ1v) is 5.55. The van der Waals surface area contributed by atoms with Gasteiger partial charge in [-0.25, -0.2) is 4.79 Å². The summed E-state index contributed by atoms with van der Waals surface area (Å²) < 4.78 is 4.64. The standard InChI is InChI=1S/C12H23NO2/c1-6-11(4)13(7-2)9-8-10(3)12(14)15-5/h8,11H,6-7,9H2,1-5H3. The molecule has 0 aliphatic rings. The molecule has 0 saturated carbocycles. The van der Waals surface area contributed by atoms with Gasteiger partial charge in [0.15, 0.2) is 0 Å². The second-order valence-corrected chi connectivity index (χ2v) is 3.72. The van der Waals surface area contributed by atoms with Crippen LogP contribution in [0.4, 0.5) is 0 Å². The van der Waals surface area contributed by atoms with E-state index in [-0.39, 0.29) is 5.97 Å². The number of esters is 1. The molecule has 0 fully saturated rings. The molecule has 0 rings (SSSR count). The summed E-state index contributed by atoms with van der Waals surface area (Å²) in [5, 5.41) is 0. The lowest BCUT2D eigenvalue weighted by atomic mass is 10.2. The van der Waals surface area contributed by atoms with Crippen molar-refractivity contribution in [3.05, 3.63) is 11.6 Å². The third-order valence-corrected chi connectivity index (χ3v) is 2.76. The highest BCUT2D eigenvalue weighted by Crippen LogP contribution is 2.04. The molecule has 0 amide bonds. The Bertz CT molecular complexity index is 224. The SMILES string of the molecule is CCC(C)N(CC)CC=C(C)C(=O)OC. The summed E-state index contributed by atoms with van der Waals surface area (Å²) in [5.41, 5.74) is 0.680. The summed E-state index contributed by atoms with van der Waals surface area (Å²) in [6.07, 6.45) is 3.06. The monoisotopic (exact) mass is 213 g/mol. The van der Waals surface area contributed by atoms with E-state index in [1.807, 2.05) is 6.08 Å². The Kier molecular flexibility index (Phi) is 7.05. The zero-order valence-electron chi connectivity index (χ0n) is 10.5. The van der Waals surface area contributed by atoms with E-state index >= 15 is 0 Å². The van der Waals surface area contributed by atoms with Gasteiger partial charge in [0.1, 0.15) is 0 Å². The summed E-state index contributed by atoms with van der Waals surface area (Å²) in [5.74, 6) is -0.241. The van der Waals surface area contributed by atoms with Gasteiger partial charge in [0.25, 0.3) is 0 Å². The third kappa shape index (κ3) is 4.98. The van der Waals surface area contributed by atoms with E-state index < -0.39 is 0 Å². The van der Waals surface area contributed by atoms with Crippen molar-refractivity contribution in [2.75, 3.05) is 20.2 Å². The molecule has 1 unspecified atom stereocenters. The molecule has 0 aromatic carbocycles. The van der Waals surface area contributed by atoms with Gasteiger partial charge in [-0.05, 0) is 26.8 Å². The van der Waals surface area contributed by atoms with Crippen molar-refractivity contribution >= 4 is 5.97 Å². The Balaban J connectivity index is 4.26. The van der Waals surface area contributed by atoms with E-state index in [2.05, 4.69) is 30.4 Å². The molecule has 0 aromatic heterocycles. The fourth-order valence-electron chi connectivity index (χ4n) is 1.38.